The smallest absolute Gasteiger partial charge is 0.295 e. The molecular weight excluding hydrogens is 348 g/mol. The average Bonchev–Trinajstić information content (AvgIpc) is 3.35. The number of aromatic nitrogens is 2. The number of oxazole rings is 1. The molecule has 140 valence electrons. The maximum Gasteiger partial charge on any atom is 0.295 e. The van der Waals surface area contributed by atoms with Gasteiger partial charge in [0, 0.05) is 38.5 Å². The molecule has 1 fully saturated rings. The molecule has 1 amide bonds. The average molecular weight is 368 g/mol. The zero-order valence-electron chi connectivity index (χ0n) is 14.9. The molecule has 0 bridgehead atoms. The van der Waals surface area contributed by atoms with Crippen molar-refractivity contribution in [2.24, 2.45) is 0 Å². The maximum atomic E-state index is 11.7. The molecule has 3 heterocycles. The first-order valence-corrected chi connectivity index (χ1v) is 8.83. The van der Waals surface area contributed by atoms with Crippen LogP contribution in [-0.4, -0.2) is 42.2 Å². The number of pyridine rings is 1. The molecule has 1 aromatic carbocycles. The molecule has 3 aromatic rings. The van der Waals surface area contributed by atoms with Gasteiger partial charge in [0.1, 0.15) is 22.7 Å². The Hall–Kier alpha value is -3.13. The van der Waals surface area contributed by atoms with E-state index < -0.39 is 0 Å². The summed E-state index contributed by atoms with van der Waals surface area (Å²) in [7, 11) is 1.56. The monoisotopic (exact) mass is 368 g/mol. The van der Waals surface area contributed by atoms with E-state index in [4.69, 9.17) is 13.9 Å². The Kier molecular flexibility index (Phi) is 4.88. The third kappa shape index (κ3) is 4.01. The third-order valence-corrected chi connectivity index (χ3v) is 4.29. The number of anilines is 1. The highest BCUT2D eigenvalue weighted by Gasteiger charge is 2.16. The molecule has 0 saturated carbocycles. The van der Waals surface area contributed by atoms with Gasteiger partial charge in [-0.05, 0) is 31.0 Å². The zero-order chi connectivity index (χ0) is 18.6. The highest BCUT2D eigenvalue weighted by Crippen LogP contribution is 2.27. The second kappa shape index (κ2) is 7.63. The van der Waals surface area contributed by atoms with Crippen LogP contribution in [0.1, 0.15) is 23.3 Å². The van der Waals surface area contributed by atoms with Gasteiger partial charge in [0.25, 0.3) is 11.9 Å². The van der Waals surface area contributed by atoms with Gasteiger partial charge in [-0.1, -0.05) is 0 Å². The van der Waals surface area contributed by atoms with E-state index in [1.54, 1.807) is 31.3 Å². The molecule has 0 radical (unpaired) electrons. The van der Waals surface area contributed by atoms with Gasteiger partial charge in [0.15, 0.2) is 5.58 Å². The fraction of sp³-hybridized carbons (Fsp3) is 0.316. The molecule has 8 nitrogen and oxygen atoms in total. The van der Waals surface area contributed by atoms with Gasteiger partial charge in [-0.25, -0.2) is 0 Å². The lowest BCUT2D eigenvalue weighted by Gasteiger charge is -2.08. The Labute approximate surface area is 155 Å². The lowest BCUT2D eigenvalue weighted by molar-refractivity contribution is 0.0958. The maximum absolute atomic E-state index is 11.7. The predicted molar refractivity (Wildman–Crippen MR) is 99.2 cm³/mol. The number of ether oxygens (including phenoxy) is 2. The van der Waals surface area contributed by atoms with Crippen LogP contribution >= 0.6 is 0 Å². The molecule has 1 aliphatic rings. The fourth-order valence-corrected chi connectivity index (χ4v) is 2.91. The number of nitrogens with zero attached hydrogens (tertiary/aromatic N) is 2. The molecular formula is C19H20N4O4. The lowest BCUT2D eigenvalue weighted by Crippen LogP contribution is -2.18. The number of benzene rings is 1. The topological polar surface area (TPSA) is 98.5 Å². The molecule has 4 rings (SSSR count). The van der Waals surface area contributed by atoms with Crippen LogP contribution in [0, 0.1) is 0 Å². The van der Waals surface area contributed by atoms with Crippen molar-refractivity contribution in [1.82, 2.24) is 15.3 Å². The third-order valence-electron chi connectivity index (χ3n) is 4.29. The fourth-order valence-electron chi connectivity index (χ4n) is 2.91. The number of carbonyl (C=O) groups is 1. The Bertz CT molecular complexity index is 950. The quantitative estimate of drug-likeness (QED) is 0.690. The van der Waals surface area contributed by atoms with Crippen molar-refractivity contribution < 1.29 is 18.7 Å². The second-order valence-electron chi connectivity index (χ2n) is 6.22. The molecule has 1 atom stereocenters. The van der Waals surface area contributed by atoms with Gasteiger partial charge >= 0.3 is 0 Å². The normalized spacial score (nSPS) is 16.4. The summed E-state index contributed by atoms with van der Waals surface area (Å²) in [5, 5.41) is 5.71. The summed E-state index contributed by atoms with van der Waals surface area (Å²) in [5.74, 6) is 0.825. The number of carbonyl (C=O) groups excluding carboxylic acids is 1. The summed E-state index contributed by atoms with van der Waals surface area (Å²) in [6, 6.07) is 9.12. The molecule has 0 spiro atoms. The number of fused-ring (bicyclic) bond motifs is 1. The summed E-state index contributed by atoms with van der Waals surface area (Å²) in [6.07, 6.45) is 3.88. The van der Waals surface area contributed by atoms with E-state index in [9.17, 15) is 4.79 Å². The van der Waals surface area contributed by atoms with Crippen LogP contribution in [0.2, 0.25) is 0 Å². The molecule has 0 aliphatic carbocycles. The number of hydrogen-bond donors (Lipinski definition) is 2. The van der Waals surface area contributed by atoms with Crippen molar-refractivity contribution in [3.05, 3.63) is 42.2 Å². The van der Waals surface area contributed by atoms with E-state index in [2.05, 4.69) is 20.6 Å². The van der Waals surface area contributed by atoms with Crippen LogP contribution in [-0.2, 0) is 4.74 Å². The minimum atomic E-state index is -0.270. The first-order chi connectivity index (χ1) is 13.2. The Morgan fingerprint density at radius 2 is 2.19 bits per heavy atom. The van der Waals surface area contributed by atoms with E-state index in [0.717, 1.165) is 25.0 Å². The van der Waals surface area contributed by atoms with Gasteiger partial charge in [-0.2, -0.15) is 4.98 Å². The van der Waals surface area contributed by atoms with E-state index in [1.165, 1.54) is 6.20 Å². The van der Waals surface area contributed by atoms with Crippen molar-refractivity contribution in [1.29, 1.82) is 0 Å². The first kappa shape index (κ1) is 17.3. The van der Waals surface area contributed by atoms with E-state index in [0.29, 0.717) is 29.6 Å². The highest BCUT2D eigenvalue weighted by molar-refractivity contribution is 5.92. The standard InChI is InChI=1S/C19H20N4O4/c1-20-18(24)16-9-13(6-7-21-16)26-12-4-5-15-17(10-12)27-19(23-15)22-11-14-3-2-8-25-14/h4-7,9-10,14H,2-3,8,11H2,1H3,(H,20,24)(H,22,23). The van der Waals surface area contributed by atoms with Crippen LogP contribution in [0.15, 0.2) is 40.9 Å². The van der Waals surface area contributed by atoms with Gasteiger partial charge in [-0.3, -0.25) is 9.78 Å². The zero-order valence-corrected chi connectivity index (χ0v) is 14.9. The van der Waals surface area contributed by atoms with Gasteiger partial charge < -0.3 is 24.5 Å². The molecule has 2 aromatic heterocycles. The van der Waals surface area contributed by atoms with Gasteiger partial charge in [0.05, 0.1) is 6.10 Å². The Morgan fingerprint density at radius 1 is 1.30 bits per heavy atom. The SMILES string of the molecule is CNC(=O)c1cc(Oc2ccc3nc(NCC4CCCO4)oc3c2)ccn1. The number of amides is 1. The minimum absolute atomic E-state index is 0.208. The summed E-state index contributed by atoms with van der Waals surface area (Å²) in [4.78, 5) is 20.1. The lowest BCUT2D eigenvalue weighted by atomic mass is 10.2. The summed E-state index contributed by atoms with van der Waals surface area (Å²) in [6.45, 7) is 1.49. The first-order valence-electron chi connectivity index (χ1n) is 8.83. The second-order valence-corrected chi connectivity index (χ2v) is 6.22. The van der Waals surface area contributed by atoms with Gasteiger partial charge in [-0.15, -0.1) is 0 Å². The van der Waals surface area contributed by atoms with Crippen molar-refractivity contribution in [2.45, 2.75) is 18.9 Å². The Balaban J connectivity index is 1.47. The van der Waals surface area contributed by atoms with Crippen molar-refractivity contribution in [3.8, 4) is 11.5 Å². The molecule has 27 heavy (non-hydrogen) atoms. The Morgan fingerprint density at radius 3 is 3.00 bits per heavy atom. The summed E-state index contributed by atoms with van der Waals surface area (Å²) >= 11 is 0. The molecule has 2 N–H and O–H groups in total. The number of nitrogens with one attached hydrogen (secondary N) is 2. The van der Waals surface area contributed by atoms with Crippen LogP contribution in [0.5, 0.6) is 11.5 Å². The predicted octanol–water partition coefficient (Wildman–Crippen LogP) is 2.97. The van der Waals surface area contributed by atoms with Crippen LogP contribution in [0.25, 0.3) is 11.1 Å². The van der Waals surface area contributed by atoms with E-state index >= 15 is 0 Å². The van der Waals surface area contributed by atoms with Crippen molar-refractivity contribution >= 4 is 23.0 Å². The van der Waals surface area contributed by atoms with Crippen molar-refractivity contribution in [2.75, 3.05) is 25.5 Å². The highest BCUT2D eigenvalue weighted by atomic mass is 16.5. The minimum Gasteiger partial charge on any atom is -0.457 e. The van der Waals surface area contributed by atoms with Crippen LogP contribution in [0.3, 0.4) is 0 Å². The number of hydrogen-bond acceptors (Lipinski definition) is 7. The van der Waals surface area contributed by atoms with Crippen LogP contribution in [0.4, 0.5) is 6.01 Å². The largest absolute Gasteiger partial charge is 0.457 e. The molecule has 8 heteroatoms. The number of rotatable bonds is 6. The molecule has 1 aliphatic heterocycles. The van der Waals surface area contributed by atoms with E-state index in [-0.39, 0.29) is 17.7 Å². The van der Waals surface area contributed by atoms with Crippen LogP contribution < -0.4 is 15.4 Å². The van der Waals surface area contributed by atoms with E-state index in [1.807, 2.05) is 6.07 Å². The summed E-state index contributed by atoms with van der Waals surface area (Å²) in [5.41, 5.74) is 1.64. The summed E-state index contributed by atoms with van der Waals surface area (Å²) < 4.78 is 17.2. The molecule has 1 unspecified atom stereocenters. The van der Waals surface area contributed by atoms with Gasteiger partial charge in [0.2, 0.25) is 0 Å². The molecule has 1 saturated heterocycles. The van der Waals surface area contributed by atoms with Crippen molar-refractivity contribution in [3.63, 3.8) is 0 Å².